The Labute approximate surface area is 162 Å². The first kappa shape index (κ1) is 20.2. The van der Waals surface area contributed by atoms with E-state index in [-0.39, 0.29) is 6.42 Å². The molecular formula is C21H34O4S. The van der Waals surface area contributed by atoms with Gasteiger partial charge in [0.05, 0.1) is 12.2 Å². The van der Waals surface area contributed by atoms with Gasteiger partial charge in [0.15, 0.2) is 0 Å². The van der Waals surface area contributed by atoms with Crippen molar-refractivity contribution in [3.8, 4) is 0 Å². The molecule has 0 radical (unpaired) electrons. The Morgan fingerprint density at radius 1 is 0.962 bits per heavy atom. The van der Waals surface area contributed by atoms with Crippen molar-refractivity contribution in [3.63, 3.8) is 0 Å². The van der Waals surface area contributed by atoms with Gasteiger partial charge in [0.2, 0.25) is 0 Å². The fourth-order valence-corrected chi connectivity index (χ4v) is 5.61. The topological polar surface area (TPSA) is 59.1 Å². The number of thioether (sulfide) groups is 1. The molecule has 3 fully saturated rings. The smallest absolute Gasteiger partial charge is 0.303 e. The molecule has 0 aromatic rings. The quantitative estimate of drug-likeness (QED) is 0.269. The molecule has 0 aromatic heterocycles. The summed E-state index contributed by atoms with van der Waals surface area (Å²) in [5.41, 5.74) is 0. The summed E-state index contributed by atoms with van der Waals surface area (Å²) in [6.45, 7) is 2.26. The van der Waals surface area contributed by atoms with Gasteiger partial charge in [-0.2, -0.15) is 11.8 Å². The lowest BCUT2D eigenvalue weighted by molar-refractivity contribution is -0.137. The minimum Gasteiger partial charge on any atom is -0.481 e. The van der Waals surface area contributed by atoms with E-state index in [4.69, 9.17) is 14.6 Å². The van der Waals surface area contributed by atoms with E-state index in [1.165, 1.54) is 43.6 Å². The van der Waals surface area contributed by atoms with E-state index in [0.29, 0.717) is 36.3 Å². The summed E-state index contributed by atoms with van der Waals surface area (Å²) >= 11 is 2.10. The van der Waals surface area contributed by atoms with Gasteiger partial charge in [0.25, 0.3) is 0 Å². The van der Waals surface area contributed by atoms with E-state index >= 15 is 0 Å². The van der Waals surface area contributed by atoms with E-state index in [1.54, 1.807) is 0 Å². The molecule has 0 saturated carbocycles. The number of hydrogen-bond acceptors (Lipinski definition) is 4. The summed E-state index contributed by atoms with van der Waals surface area (Å²) < 4.78 is 12.1. The van der Waals surface area contributed by atoms with Crippen LogP contribution in [-0.4, -0.2) is 47.0 Å². The van der Waals surface area contributed by atoms with Gasteiger partial charge in [0, 0.05) is 6.42 Å². The van der Waals surface area contributed by atoms with Crippen molar-refractivity contribution in [1.29, 1.82) is 0 Å². The lowest BCUT2D eigenvalue weighted by Crippen LogP contribution is -2.33. The van der Waals surface area contributed by atoms with E-state index in [0.717, 1.165) is 19.3 Å². The molecule has 3 saturated heterocycles. The van der Waals surface area contributed by atoms with Crippen LogP contribution in [0, 0.1) is 11.8 Å². The summed E-state index contributed by atoms with van der Waals surface area (Å²) in [5.74, 6) is 3.04. The number of aliphatic carboxylic acids is 1. The molecule has 3 rings (SSSR count). The minimum atomic E-state index is -0.705. The third-order valence-corrected chi connectivity index (χ3v) is 7.09. The number of rotatable bonds is 14. The average molecular weight is 383 g/mol. The first-order chi connectivity index (χ1) is 12.7. The lowest BCUT2D eigenvalue weighted by atomic mass is 9.76. The minimum absolute atomic E-state index is 0.261. The third-order valence-electron chi connectivity index (χ3n) is 5.99. The fraction of sp³-hybridized carbons (Fsp3) is 0.857. The largest absolute Gasteiger partial charge is 0.481 e. The lowest BCUT2D eigenvalue weighted by Gasteiger charge is -2.25. The first-order valence-electron chi connectivity index (χ1n) is 10.5. The van der Waals surface area contributed by atoms with Crippen LogP contribution < -0.4 is 0 Å². The maximum Gasteiger partial charge on any atom is 0.303 e. The Bertz CT molecular complexity index is 481. The van der Waals surface area contributed by atoms with Crippen molar-refractivity contribution >= 4 is 17.7 Å². The number of carboxylic acids is 1. The zero-order chi connectivity index (χ0) is 18.4. The highest BCUT2D eigenvalue weighted by molar-refractivity contribution is 7.99. The molecule has 148 valence electrons. The van der Waals surface area contributed by atoms with Gasteiger partial charge in [-0.25, -0.2) is 0 Å². The maximum atomic E-state index is 10.6. The number of fused-ring (bicyclic) bond motifs is 5. The molecule has 2 bridgehead atoms. The highest BCUT2D eigenvalue weighted by Crippen LogP contribution is 2.55. The summed E-state index contributed by atoms with van der Waals surface area (Å²) in [5, 5.41) is 8.69. The van der Waals surface area contributed by atoms with Crippen LogP contribution in [0.1, 0.15) is 64.7 Å². The third kappa shape index (κ3) is 5.26. The molecule has 0 aliphatic carbocycles. The van der Waals surface area contributed by atoms with E-state index < -0.39 is 5.97 Å². The summed E-state index contributed by atoms with van der Waals surface area (Å²) in [4.78, 5) is 10.6. The molecule has 6 atom stereocenters. The van der Waals surface area contributed by atoms with E-state index in [2.05, 4.69) is 30.8 Å². The van der Waals surface area contributed by atoms with Gasteiger partial charge in [0.1, 0.15) is 12.2 Å². The van der Waals surface area contributed by atoms with Gasteiger partial charge in [-0.3, -0.25) is 4.79 Å². The van der Waals surface area contributed by atoms with Crippen LogP contribution in [0.3, 0.4) is 0 Å². The van der Waals surface area contributed by atoms with Crippen LogP contribution in [0.4, 0.5) is 0 Å². The summed E-state index contributed by atoms with van der Waals surface area (Å²) in [7, 11) is 0. The molecule has 3 aliphatic heterocycles. The zero-order valence-electron chi connectivity index (χ0n) is 16.0. The molecule has 3 heterocycles. The van der Waals surface area contributed by atoms with Gasteiger partial charge in [-0.1, -0.05) is 38.3 Å². The number of hydrogen-bond donors (Lipinski definition) is 1. The molecule has 3 aliphatic rings. The van der Waals surface area contributed by atoms with Crippen LogP contribution in [0.15, 0.2) is 12.2 Å². The second kappa shape index (κ2) is 10.1. The second-order valence-corrected chi connectivity index (χ2v) is 9.14. The highest BCUT2D eigenvalue weighted by atomic mass is 32.2. The number of epoxide rings is 1. The molecule has 4 nitrogen and oxygen atoms in total. The Balaban J connectivity index is 1.36. The van der Waals surface area contributed by atoms with Crippen molar-refractivity contribution in [3.05, 3.63) is 12.2 Å². The summed E-state index contributed by atoms with van der Waals surface area (Å²) in [6.07, 6.45) is 15.3. The molecule has 5 heteroatoms. The molecule has 26 heavy (non-hydrogen) atoms. The monoisotopic (exact) mass is 382 g/mol. The Kier molecular flexibility index (Phi) is 7.89. The Hall–Kier alpha value is -0.520. The van der Waals surface area contributed by atoms with Gasteiger partial charge in [-0.15, -0.1) is 0 Å². The molecule has 1 N–H and O–H groups in total. The van der Waals surface area contributed by atoms with Crippen molar-refractivity contribution in [1.82, 2.24) is 0 Å². The molecule has 0 spiro atoms. The van der Waals surface area contributed by atoms with Crippen molar-refractivity contribution in [2.75, 3.05) is 11.5 Å². The maximum absolute atomic E-state index is 10.6. The number of unbranched alkanes of at least 4 members (excludes halogenated alkanes) is 4. The molecule has 0 aromatic carbocycles. The number of carbonyl (C=O) groups is 1. The van der Waals surface area contributed by atoms with Gasteiger partial charge in [-0.05, 0) is 55.4 Å². The number of ether oxygens (including phenoxy) is 2. The standard InChI is InChI=1S/C21H34O4S/c1-2-3-4-9-13-26-14-12-16-15(10-7-5-6-8-11-17(22)23)18-20-21(25-20)19(16)24-18/h5,7,15-16,18-21H,2-4,6,8-14H2,1H3,(H,22,23)/t15-,16+,18+,19-,20-,21+/m0/s1. The normalized spacial score (nSPS) is 34.5. The summed E-state index contributed by atoms with van der Waals surface area (Å²) in [6, 6.07) is 0. The molecular weight excluding hydrogens is 348 g/mol. The van der Waals surface area contributed by atoms with Crippen LogP contribution in [0.5, 0.6) is 0 Å². The number of carboxylic acid groups (broad SMARTS) is 1. The van der Waals surface area contributed by atoms with Crippen LogP contribution in [0.25, 0.3) is 0 Å². The predicted molar refractivity (Wildman–Crippen MR) is 106 cm³/mol. The fourth-order valence-electron chi connectivity index (χ4n) is 4.56. The predicted octanol–water partition coefficient (Wildman–Crippen LogP) is 4.67. The van der Waals surface area contributed by atoms with E-state index in [9.17, 15) is 4.79 Å². The van der Waals surface area contributed by atoms with Crippen LogP contribution >= 0.6 is 11.8 Å². The van der Waals surface area contributed by atoms with Crippen molar-refractivity contribution in [2.24, 2.45) is 11.8 Å². The first-order valence-corrected chi connectivity index (χ1v) is 11.6. The Morgan fingerprint density at radius 2 is 1.73 bits per heavy atom. The number of allylic oxidation sites excluding steroid dienone is 2. The van der Waals surface area contributed by atoms with Gasteiger partial charge >= 0.3 is 5.97 Å². The molecule has 0 amide bonds. The Morgan fingerprint density at radius 3 is 2.50 bits per heavy atom. The second-order valence-electron chi connectivity index (χ2n) is 7.91. The van der Waals surface area contributed by atoms with Crippen LogP contribution in [-0.2, 0) is 14.3 Å². The molecule has 0 unspecified atom stereocenters. The van der Waals surface area contributed by atoms with Crippen LogP contribution in [0.2, 0.25) is 0 Å². The highest BCUT2D eigenvalue weighted by Gasteiger charge is 2.68. The van der Waals surface area contributed by atoms with Crippen molar-refractivity contribution < 1.29 is 19.4 Å². The zero-order valence-corrected chi connectivity index (χ0v) is 16.8. The SMILES string of the molecule is CCCCCCSCC[C@@H]1[C@H](CC=CCCCC(=O)O)[C@H]2O[C@@H]1[C@H]1O[C@H]12. The van der Waals surface area contributed by atoms with Crippen molar-refractivity contribution in [2.45, 2.75) is 89.1 Å². The average Bonchev–Trinajstić information content (AvgIpc) is 3.25. The van der Waals surface area contributed by atoms with Gasteiger partial charge < -0.3 is 14.6 Å². The van der Waals surface area contributed by atoms with E-state index in [1.807, 2.05) is 0 Å².